The maximum Gasteiger partial charge on any atom is 0.133 e. The molecule has 5 aliphatic carbocycles. The number of aliphatic hydroxyl groups is 1. The molecule has 0 aromatic heterocycles. The Balaban J connectivity index is 1.42. The second kappa shape index (κ2) is 5.83. The molecule has 1 N–H and O–H groups in total. The van der Waals surface area contributed by atoms with E-state index >= 15 is 0 Å². The van der Waals surface area contributed by atoms with Gasteiger partial charge >= 0.3 is 0 Å². The zero-order chi connectivity index (χ0) is 19.2. The van der Waals surface area contributed by atoms with Gasteiger partial charge in [0.05, 0.1) is 5.60 Å². The summed E-state index contributed by atoms with van der Waals surface area (Å²) < 4.78 is 0. The van der Waals surface area contributed by atoms with E-state index in [1.54, 1.807) is 0 Å². The van der Waals surface area contributed by atoms with Gasteiger partial charge in [0.25, 0.3) is 0 Å². The molecule has 0 aromatic carbocycles. The fraction of sp³-hybridized carbons (Fsp3) is 0.960. The van der Waals surface area contributed by atoms with Crippen LogP contribution < -0.4 is 0 Å². The largest absolute Gasteiger partial charge is 0.390 e. The fourth-order valence-electron chi connectivity index (χ4n) is 9.75. The van der Waals surface area contributed by atoms with Crippen LogP contribution in [-0.2, 0) is 4.79 Å². The molecule has 5 saturated carbocycles. The average Bonchev–Trinajstić information content (AvgIpc) is 3.29. The summed E-state index contributed by atoms with van der Waals surface area (Å²) in [5, 5.41) is 11.1. The van der Waals surface area contributed by atoms with E-state index in [-0.39, 0.29) is 5.60 Å². The van der Waals surface area contributed by atoms with E-state index in [4.69, 9.17) is 0 Å². The van der Waals surface area contributed by atoms with Crippen molar-refractivity contribution in [2.75, 3.05) is 0 Å². The first-order valence-corrected chi connectivity index (χ1v) is 12.0. The summed E-state index contributed by atoms with van der Waals surface area (Å²) in [6.45, 7) is 9.15. The molecule has 2 nitrogen and oxygen atoms in total. The molecule has 0 unspecified atom stereocenters. The Bertz CT molecular complexity index is 642. The maximum atomic E-state index is 12.5. The van der Waals surface area contributed by atoms with Crippen molar-refractivity contribution in [2.45, 2.75) is 97.5 Å². The third-order valence-corrected chi connectivity index (χ3v) is 10.8. The molecule has 5 rings (SSSR count). The van der Waals surface area contributed by atoms with Gasteiger partial charge in [-0.3, -0.25) is 4.79 Å². The molecule has 0 aliphatic heterocycles. The van der Waals surface area contributed by atoms with E-state index in [9.17, 15) is 9.90 Å². The van der Waals surface area contributed by atoms with Crippen LogP contribution in [-0.4, -0.2) is 16.5 Å². The van der Waals surface area contributed by atoms with Gasteiger partial charge in [0.2, 0.25) is 0 Å². The standard InChI is InChI=1S/C25H40O2/c1-5-9-25(27)12-11-23(3)16(14-25)6-7-17-20(23)8-10-24(4)21(15(2)26)18-13-19(18)22(17)24/h16-22,27H,5-14H2,1-4H3/t16-,17+,18-,19+,20-,21-,22+,23-,24+,25+/m0/s1. The first-order chi connectivity index (χ1) is 12.7. The highest BCUT2D eigenvalue weighted by Gasteiger charge is 2.71. The average molecular weight is 373 g/mol. The second-order valence-corrected chi connectivity index (χ2v) is 12.0. The number of fused-ring (bicyclic) bond motifs is 7. The Kier molecular flexibility index (Phi) is 4.03. The van der Waals surface area contributed by atoms with Gasteiger partial charge in [-0.15, -0.1) is 0 Å². The third-order valence-electron chi connectivity index (χ3n) is 10.8. The van der Waals surface area contributed by atoms with Crippen molar-refractivity contribution in [1.29, 1.82) is 0 Å². The molecule has 10 atom stereocenters. The zero-order valence-electron chi connectivity index (χ0n) is 18.0. The molecular weight excluding hydrogens is 332 g/mol. The van der Waals surface area contributed by atoms with Gasteiger partial charge in [-0.1, -0.05) is 27.2 Å². The number of hydrogen-bond acceptors (Lipinski definition) is 2. The van der Waals surface area contributed by atoms with Crippen LogP contribution in [0.2, 0.25) is 0 Å². The lowest BCUT2D eigenvalue weighted by Crippen LogP contribution is -2.56. The summed E-state index contributed by atoms with van der Waals surface area (Å²) in [6, 6.07) is 0. The lowest BCUT2D eigenvalue weighted by Gasteiger charge is -2.62. The predicted molar refractivity (Wildman–Crippen MR) is 108 cm³/mol. The smallest absolute Gasteiger partial charge is 0.133 e. The van der Waals surface area contributed by atoms with Crippen molar-refractivity contribution >= 4 is 5.78 Å². The van der Waals surface area contributed by atoms with Gasteiger partial charge in [0, 0.05) is 5.92 Å². The molecular formula is C25H40O2. The topological polar surface area (TPSA) is 37.3 Å². The zero-order valence-corrected chi connectivity index (χ0v) is 18.0. The normalized spacial score (nSPS) is 58.6. The molecule has 0 aromatic rings. The number of Topliss-reactive ketones (excluding diaryl/α,β-unsaturated/α-hetero) is 1. The SMILES string of the molecule is CCC[C@@]1(O)CC[C@@]2(C)[C@@H](CC[C@H]3[C@@H]4[C@@H]5C[C@@H]5[C@H](C(C)=O)[C@@]4(C)CC[C@@H]32)C1. The van der Waals surface area contributed by atoms with Crippen molar-refractivity contribution in [3.8, 4) is 0 Å². The van der Waals surface area contributed by atoms with Gasteiger partial charge in [0.15, 0.2) is 0 Å². The monoisotopic (exact) mass is 372 g/mol. The minimum Gasteiger partial charge on any atom is -0.390 e. The Hall–Kier alpha value is -0.370. The van der Waals surface area contributed by atoms with E-state index in [1.807, 2.05) is 6.92 Å². The maximum absolute atomic E-state index is 12.5. The number of hydrogen-bond donors (Lipinski definition) is 1. The third kappa shape index (κ3) is 2.44. The van der Waals surface area contributed by atoms with E-state index in [1.165, 1.54) is 38.5 Å². The first kappa shape index (κ1) is 18.6. The van der Waals surface area contributed by atoms with Gasteiger partial charge in [-0.2, -0.15) is 0 Å². The molecule has 152 valence electrons. The van der Waals surface area contributed by atoms with E-state index in [0.29, 0.717) is 28.4 Å². The van der Waals surface area contributed by atoms with Crippen LogP contribution in [0.1, 0.15) is 91.9 Å². The number of carbonyl (C=O) groups excluding carboxylic acids is 1. The van der Waals surface area contributed by atoms with Crippen molar-refractivity contribution < 1.29 is 9.90 Å². The minimum absolute atomic E-state index is 0.293. The summed E-state index contributed by atoms with van der Waals surface area (Å²) in [6.07, 6.45) is 12.0. The van der Waals surface area contributed by atoms with Crippen molar-refractivity contribution in [3.63, 3.8) is 0 Å². The molecule has 27 heavy (non-hydrogen) atoms. The fourth-order valence-corrected chi connectivity index (χ4v) is 9.75. The Morgan fingerprint density at radius 2 is 1.78 bits per heavy atom. The number of rotatable bonds is 3. The molecule has 0 saturated heterocycles. The van der Waals surface area contributed by atoms with Crippen LogP contribution in [0.4, 0.5) is 0 Å². The van der Waals surface area contributed by atoms with Crippen LogP contribution in [0.5, 0.6) is 0 Å². The number of ketones is 1. The molecule has 2 heteroatoms. The van der Waals surface area contributed by atoms with E-state index in [0.717, 1.165) is 55.3 Å². The minimum atomic E-state index is -0.385. The molecule has 5 aliphatic rings. The van der Waals surface area contributed by atoms with Crippen LogP contribution >= 0.6 is 0 Å². The summed E-state index contributed by atoms with van der Waals surface area (Å²) in [4.78, 5) is 12.5. The molecule has 0 radical (unpaired) electrons. The summed E-state index contributed by atoms with van der Waals surface area (Å²) >= 11 is 0. The Morgan fingerprint density at radius 1 is 1.00 bits per heavy atom. The van der Waals surface area contributed by atoms with Crippen LogP contribution in [0.25, 0.3) is 0 Å². The summed E-state index contributed by atoms with van der Waals surface area (Å²) in [7, 11) is 0. The second-order valence-electron chi connectivity index (χ2n) is 12.0. The molecule has 0 bridgehead atoms. The summed E-state index contributed by atoms with van der Waals surface area (Å²) in [5.74, 6) is 5.64. The molecule has 0 heterocycles. The lowest BCUT2D eigenvalue weighted by atomic mass is 9.43. The van der Waals surface area contributed by atoms with Gasteiger partial charge in [0.1, 0.15) is 5.78 Å². The van der Waals surface area contributed by atoms with E-state index in [2.05, 4.69) is 20.8 Å². The highest BCUT2D eigenvalue weighted by atomic mass is 16.3. The molecule has 0 spiro atoms. The Labute approximate surface area is 165 Å². The van der Waals surface area contributed by atoms with Crippen molar-refractivity contribution in [2.24, 2.45) is 52.3 Å². The predicted octanol–water partition coefficient (Wildman–Crippen LogP) is 5.62. The highest BCUT2D eigenvalue weighted by Crippen LogP contribution is 2.76. The lowest BCUT2D eigenvalue weighted by molar-refractivity contribution is -0.159. The van der Waals surface area contributed by atoms with Gasteiger partial charge in [-0.05, 0) is 111 Å². The van der Waals surface area contributed by atoms with E-state index < -0.39 is 0 Å². The van der Waals surface area contributed by atoms with Crippen molar-refractivity contribution in [1.82, 2.24) is 0 Å². The highest BCUT2D eigenvalue weighted by molar-refractivity contribution is 5.80. The summed E-state index contributed by atoms with van der Waals surface area (Å²) in [5.41, 5.74) is 0.341. The molecule has 5 fully saturated rings. The van der Waals surface area contributed by atoms with Crippen LogP contribution in [0.3, 0.4) is 0 Å². The molecule has 0 amide bonds. The van der Waals surface area contributed by atoms with Gasteiger partial charge < -0.3 is 5.11 Å². The van der Waals surface area contributed by atoms with Crippen LogP contribution in [0.15, 0.2) is 0 Å². The van der Waals surface area contributed by atoms with Crippen molar-refractivity contribution in [3.05, 3.63) is 0 Å². The Morgan fingerprint density at radius 3 is 2.48 bits per heavy atom. The number of carbonyl (C=O) groups is 1. The van der Waals surface area contributed by atoms with Crippen LogP contribution in [0, 0.1) is 52.3 Å². The van der Waals surface area contributed by atoms with Gasteiger partial charge in [-0.25, -0.2) is 0 Å². The first-order valence-electron chi connectivity index (χ1n) is 12.0. The quantitative estimate of drug-likeness (QED) is 0.698.